The van der Waals surface area contributed by atoms with Gasteiger partial charge in [0.2, 0.25) is 5.88 Å². The lowest BCUT2D eigenvalue weighted by Gasteiger charge is -2.13. The average molecular weight is 293 g/mol. The first-order valence-electron chi connectivity index (χ1n) is 7.44. The van der Waals surface area contributed by atoms with Gasteiger partial charge in [0.25, 0.3) is 0 Å². The molecule has 0 saturated heterocycles. The molecule has 1 N–H and O–H groups in total. The zero-order valence-corrected chi connectivity index (χ0v) is 12.8. The van der Waals surface area contributed by atoms with Gasteiger partial charge in [0, 0.05) is 41.1 Å². The van der Waals surface area contributed by atoms with Gasteiger partial charge in [0.15, 0.2) is 0 Å². The van der Waals surface area contributed by atoms with Gasteiger partial charge in [-0.1, -0.05) is 6.07 Å². The summed E-state index contributed by atoms with van der Waals surface area (Å²) in [7, 11) is 0. The summed E-state index contributed by atoms with van der Waals surface area (Å²) in [5.74, 6) is 0.699. The molecule has 0 aliphatic carbocycles. The fraction of sp³-hybridized carbons (Fsp3) is 0.222. The lowest BCUT2D eigenvalue weighted by Crippen LogP contribution is -2.02. The molecule has 22 heavy (non-hydrogen) atoms. The van der Waals surface area contributed by atoms with Gasteiger partial charge in [0.1, 0.15) is 0 Å². The van der Waals surface area contributed by atoms with Gasteiger partial charge < -0.3 is 10.1 Å². The van der Waals surface area contributed by atoms with Crippen LogP contribution in [0.3, 0.4) is 0 Å². The first kappa shape index (κ1) is 14.3. The summed E-state index contributed by atoms with van der Waals surface area (Å²) in [6, 6.07) is 12.3. The van der Waals surface area contributed by atoms with Crippen LogP contribution in [-0.4, -0.2) is 16.6 Å². The summed E-state index contributed by atoms with van der Waals surface area (Å²) in [6.07, 6.45) is 3.61. The lowest BCUT2D eigenvalue weighted by atomic mass is 10.1. The number of pyridine rings is 2. The van der Waals surface area contributed by atoms with Crippen LogP contribution in [0, 0.1) is 6.92 Å². The Morgan fingerprint density at radius 1 is 1.09 bits per heavy atom. The van der Waals surface area contributed by atoms with E-state index >= 15 is 0 Å². The molecule has 0 atom stereocenters. The van der Waals surface area contributed by atoms with E-state index in [2.05, 4.69) is 27.4 Å². The van der Waals surface area contributed by atoms with Crippen molar-refractivity contribution in [2.75, 3.05) is 11.9 Å². The average Bonchev–Trinajstić information content (AvgIpc) is 2.54. The van der Waals surface area contributed by atoms with E-state index in [4.69, 9.17) is 4.74 Å². The molecular weight excluding hydrogens is 274 g/mol. The Morgan fingerprint density at radius 3 is 2.68 bits per heavy atom. The van der Waals surface area contributed by atoms with E-state index in [-0.39, 0.29) is 0 Å². The second-order valence-corrected chi connectivity index (χ2v) is 5.11. The first-order chi connectivity index (χ1) is 10.8. The van der Waals surface area contributed by atoms with E-state index in [1.54, 1.807) is 12.4 Å². The van der Waals surface area contributed by atoms with E-state index in [1.807, 2.05) is 38.1 Å². The molecule has 0 radical (unpaired) electrons. The van der Waals surface area contributed by atoms with Crippen molar-refractivity contribution < 1.29 is 4.74 Å². The number of rotatable bonds is 5. The second-order valence-electron chi connectivity index (χ2n) is 5.11. The summed E-state index contributed by atoms with van der Waals surface area (Å²) in [5.41, 5.74) is 3.23. The lowest BCUT2D eigenvalue weighted by molar-refractivity contribution is 0.331. The molecule has 2 heterocycles. The van der Waals surface area contributed by atoms with Crippen LogP contribution in [0.2, 0.25) is 0 Å². The van der Waals surface area contributed by atoms with Crippen molar-refractivity contribution in [2.24, 2.45) is 0 Å². The number of benzene rings is 1. The number of nitrogens with one attached hydrogen (secondary N) is 1. The van der Waals surface area contributed by atoms with Crippen LogP contribution in [0.4, 0.5) is 5.69 Å². The number of aromatic nitrogens is 2. The van der Waals surface area contributed by atoms with E-state index in [0.29, 0.717) is 12.5 Å². The van der Waals surface area contributed by atoms with E-state index in [9.17, 15) is 0 Å². The van der Waals surface area contributed by atoms with Crippen molar-refractivity contribution in [1.82, 2.24) is 9.97 Å². The minimum Gasteiger partial charge on any atom is -0.478 e. The van der Waals surface area contributed by atoms with Gasteiger partial charge in [0.05, 0.1) is 6.61 Å². The molecule has 1 aromatic carbocycles. The van der Waals surface area contributed by atoms with Crippen molar-refractivity contribution in [3.05, 3.63) is 60.0 Å². The monoisotopic (exact) mass is 293 g/mol. The van der Waals surface area contributed by atoms with Crippen molar-refractivity contribution in [3.63, 3.8) is 0 Å². The maximum Gasteiger partial charge on any atom is 0.221 e. The minimum atomic E-state index is 0.611. The van der Waals surface area contributed by atoms with Crippen molar-refractivity contribution in [2.45, 2.75) is 20.4 Å². The quantitative estimate of drug-likeness (QED) is 0.773. The van der Waals surface area contributed by atoms with Crippen molar-refractivity contribution in [1.29, 1.82) is 0 Å². The fourth-order valence-corrected chi connectivity index (χ4v) is 2.47. The highest BCUT2D eigenvalue weighted by molar-refractivity contribution is 5.97. The summed E-state index contributed by atoms with van der Waals surface area (Å²) in [5, 5.41) is 5.66. The molecule has 4 heteroatoms. The van der Waals surface area contributed by atoms with Gasteiger partial charge in [-0.05, 0) is 49.7 Å². The van der Waals surface area contributed by atoms with Crippen LogP contribution in [0.5, 0.6) is 5.88 Å². The van der Waals surface area contributed by atoms with Crippen LogP contribution < -0.4 is 10.1 Å². The molecule has 3 rings (SSSR count). The number of hydrogen-bond donors (Lipinski definition) is 1. The standard InChI is InChI=1S/C18H19N3O/c1-3-22-18-15-5-4-6-17(16(15)11-13(2)21-18)20-12-14-7-9-19-10-8-14/h4-11,20H,3,12H2,1-2H3. The van der Waals surface area contributed by atoms with Gasteiger partial charge in [-0.25, -0.2) is 4.98 Å². The Labute approximate surface area is 130 Å². The SMILES string of the molecule is CCOc1nc(C)cc2c(NCc3ccncc3)cccc12. The number of nitrogens with zero attached hydrogens (tertiary/aromatic N) is 2. The summed E-state index contributed by atoms with van der Waals surface area (Å²) in [4.78, 5) is 8.53. The molecule has 0 saturated carbocycles. The Kier molecular flexibility index (Phi) is 4.19. The number of fused-ring (bicyclic) bond motifs is 1. The Bertz CT molecular complexity index is 772. The predicted octanol–water partition coefficient (Wildman–Crippen LogP) is 3.95. The highest BCUT2D eigenvalue weighted by Crippen LogP contribution is 2.30. The van der Waals surface area contributed by atoms with E-state index in [1.165, 1.54) is 5.56 Å². The normalized spacial score (nSPS) is 10.6. The van der Waals surface area contributed by atoms with Crippen molar-refractivity contribution in [3.8, 4) is 5.88 Å². The molecule has 3 aromatic rings. The molecule has 0 aliphatic heterocycles. The predicted molar refractivity (Wildman–Crippen MR) is 89.2 cm³/mol. The Morgan fingerprint density at radius 2 is 1.91 bits per heavy atom. The molecule has 0 aliphatic rings. The molecule has 112 valence electrons. The zero-order chi connectivity index (χ0) is 15.4. The van der Waals surface area contributed by atoms with E-state index < -0.39 is 0 Å². The van der Waals surface area contributed by atoms with E-state index in [0.717, 1.165) is 28.7 Å². The highest BCUT2D eigenvalue weighted by atomic mass is 16.5. The maximum absolute atomic E-state index is 5.67. The molecule has 0 unspecified atom stereocenters. The van der Waals surface area contributed by atoms with Crippen molar-refractivity contribution >= 4 is 16.5 Å². The smallest absolute Gasteiger partial charge is 0.221 e. The Hall–Kier alpha value is -2.62. The second kappa shape index (κ2) is 6.43. The van der Waals surface area contributed by atoms with Gasteiger partial charge in [-0.2, -0.15) is 0 Å². The molecule has 4 nitrogen and oxygen atoms in total. The van der Waals surface area contributed by atoms with Crippen LogP contribution in [-0.2, 0) is 6.54 Å². The topological polar surface area (TPSA) is 47.0 Å². The largest absolute Gasteiger partial charge is 0.478 e. The molecule has 0 spiro atoms. The van der Waals surface area contributed by atoms with Gasteiger partial charge in [-0.3, -0.25) is 4.98 Å². The zero-order valence-electron chi connectivity index (χ0n) is 12.8. The first-order valence-corrected chi connectivity index (χ1v) is 7.44. The third kappa shape index (κ3) is 3.01. The number of ether oxygens (including phenoxy) is 1. The molecule has 0 bridgehead atoms. The number of hydrogen-bond acceptors (Lipinski definition) is 4. The van der Waals surface area contributed by atoms with Crippen LogP contribution >= 0.6 is 0 Å². The summed E-state index contributed by atoms with van der Waals surface area (Å²) in [6.45, 7) is 5.33. The van der Waals surface area contributed by atoms with Gasteiger partial charge in [-0.15, -0.1) is 0 Å². The number of anilines is 1. The molecular formula is C18H19N3O. The number of aryl methyl sites for hydroxylation is 1. The fourth-order valence-electron chi connectivity index (χ4n) is 2.47. The van der Waals surface area contributed by atoms with Gasteiger partial charge >= 0.3 is 0 Å². The maximum atomic E-state index is 5.67. The summed E-state index contributed by atoms with van der Waals surface area (Å²) < 4.78 is 5.67. The highest BCUT2D eigenvalue weighted by Gasteiger charge is 2.08. The Balaban J connectivity index is 1.96. The van der Waals surface area contributed by atoms with Crippen LogP contribution in [0.25, 0.3) is 10.8 Å². The molecule has 0 fully saturated rings. The minimum absolute atomic E-state index is 0.611. The third-order valence-corrected chi connectivity index (χ3v) is 3.48. The molecule has 0 amide bonds. The van der Waals surface area contributed by atoms with Crippen LogP contribution in [0.15, 0.2) is 48.8 Å². The van der Waals surface area contributed by atoms with Crippen LogP contribution in [0.1, 0.15) is 18.2 Å². The summed E-state index contributed by atoms with van der Waals surface area (Å²) >= 11 is 0. The molecule has 2 aromatic heterocycles. The third-order valence-electron chi connectivity index (χ3n) is 3.48.